The van der Waals surface area contributed by atoms with Gasteiger partial charge in [0.1, 0.15) is 18.3 Å². The molecule has 120 heavy (non-hydrogen) atoms. The summed E-state index contributed by atoms with van der Waals surface area (Å²) in [7, 11) is 6.25. The molecule has 0 saturated carbocycles. The van der Waals surface area contributed by atoms with E-state index < -0.39 is 5.97 Å². The molecule has 6 aromatic carbocycles. The molecule has 6 aromatic rings. The number of aliphatic carboxylic acids is 1. The smallest absolute Gasteiger partial charge is 0.327 e. The molecule has 12 rings (SSSR count). The Morgan fingerprint density at radius 3 is 0.950 bits per heavy atom. The number of aliphatic hydroxyl groups is 3. The van der Waals surface area contributed by atoms with Crippen molar-refractivity contribution in [3.8, 4) is 0 Å². The van der Waals surface area contributed by atoms with Gasteiger partial charge in [0, 0.05) is 280 Å². The predicted molar refractivity (Wildman–Crippen MR) is 503 cm³/mol. The van der Waals surface area contributed by atoms with Crippen molar-refractivity contribution in [3.05, 3.63) is 319 Å². The summed E-state index contributed by atoms with van der Waals surface area (Å²) >= 11 is 0. The van der Waals surface area contributed by atoms with E-state index in [1.54, 1.807) is 26.7 Å². The average Bonchev–Trinajstić information content (AvgIpc) is 0.926. The summed E-state index contributed by atoms with van der Waals surface area (Å²) in [4.78, 5) is 22.2. The Bertz CT molecular complexity index is 3140. The van der Waals surface area contributed by atoms with E-state index in [0.29, 0.717) is 0 Å². The van der Waals surface area contributed by atoms with Crippen LogP contribution in [0.15, 0.2) is 278 Å². The van der Waals surface area contributed by atoms with Gasteiger partial charge in [-0.05, 0) is 84.5 Å². The second-order valence-corrected chi connectivity index (χ2v) is 24.3. The number of hydrogen-bond donors (Lipinski definition) is 5. The fourth-order valence-electron chi connectivity index (χ4n) is 11.9. The second-order valence-electron chi connectivity index (χ2n) is 24.3. The van der Waals surface area contributed by atoms with Gasteiger partial charge in [-0.2, -0.15) is 0 Å². The molecule has 3 saturated heterocycles. The van der Waals surface area contributed by atoms with Gasteiger partial charge in [0.15, 0.2) is 0 Å². The Balaban J connectivity index is -0.000000184. The Kier molecular flexibility index (Phi) is 115. The molecule has 3 aliphatic heterocycles. The Morgan fingerprint density at radius 1 is 0.417 bits per heavy atom. The van der Waals surface area contributed by atoms with Crippen molar-refractivity contribution in [1.29, 1.82) is 0 Å². The molecule has 15 nitrogen and oxygen atoms in total. The molecule has 6 aliphatic rings. The van der Waals surface area contributed by atoms with Crippen molar-refractivity contribution in [2.45, 2.75) is 148 Å². The van der Waals surface area contributed by atoms with Crippen LogP contribution >= 0.6 is 0 Å². The first-order valence-corrected chi connectivity index (χ1v) is 42.1. The zero-order valence-electron chi connectivity index (χ0n) is 76.3. The third-order valence-corrected chi connectivity index (χ3v) is 17.1. The molecule has 0 radical (unpaired) electrons. The minimum absolute atomic E-state index is 0. The number of allylic oxidation sites excluding steroid dienone is 14. The number of methoxy groups -OCH3 is 1. The number of carboxylic acids is 1. The minimum atomic E-state index is -0.891. The molecule has 3 fully saturated rings. The van der Waals surface area contributed by atoms with Crippen molar-refractivity contribution in [2.75, 3.05) is 167 Å². The topological polar surface area (TPSA) is 163 Å². The van der Waals surface area contributed by atoms with Crippen LogP contribution in [0.2, 0.25) is 0 Å². The standard InChI is InChI=1S/C27H34N2O.C27H32N2O.C19H24N2O.C5H6.C4H6O2.C2H6O.6C2H6.3CH4O.CH4.CH3.3Ar.Pd/c2*1-3-13-25(14-4-1)27(26-15-5-2-6-16-26)30-23-22-29-20-18-28(19-21-29)17-9-12-24-10-7-8-11-24;1-3-7-17(8-4-1)19(18-9-5-2-6-10-18)22-16-15-21-13-11-20-12-14-21;1-2-4-5-3-1;1-2-3-4(5)6;1-3-2;9*1-2;;;;;;/h1-8,10,13-16,27H,9,11-12,17-23H2;1-10,12-16,27H,11,17-23H2;1-10,19-20H,11-16H2;1-4H,5H2;2-3H,1H3,(H,5,6);1-2H3;6*1-2H3;3*2H,1H3;1H4;1H3;;;;/q;;;;;;;;;;;;;;;;-1;;;;/b;12-9+;;;3-2+;;;;;;;;;;;;;;;;. The zero-order chi connectivity index (χ0) is 85.1. The van der Waals surface area contributed by atoms with Gasteiger partial charge >= 0.3 is 5.97 Å². The third kappa shape index (κ3) is 67.0. The predicted octanol–water partition coefficient (Wildman–Crippen LogP) is 21.1. The van der Waals surface area contributed by atoms with Gasteiger partial charge in [-0.3, -0.25) is 19.6 Å². The van der Waals surface area contributed by atoms with Crippen LogP contribution in [0, 0.1) is 121 Å². The summed E-state index contributed by atoms with van der Waals surface area (Å²) in [6.45, 7) is 46.7. The normalized spacial score (nSPS) is 13.6. The van der Waals surface area contributed by atoms with Gasteiger partial charge in [0.05, 0.1) is 19.8 Å². The number of carbonyl (C=O) groups is 1. The van der Waals surface area contributed by atoms with Crippen molar-refractivity contribution in [1.82, 2.24) is 29.8 Å². The van der Waals surface area contributed by atoms with Crippen LogP contribution in [0.1, 0.15) is 181 Å². The molecule has 19 heteroatoms. The van der Waals surface area contributed by atoms with E-state index in [1.807, 2.05) is 95.2 Å². The van der Waals surface area contributed by atoms with Crippen LogP contribution in [0.3, 0.4) is 0 Å². The van der Waals surface area contributed by atoms with E-state index in [9.17, 15) is 4.79 Å². The first-order chi connectivity index (χ1) is 56.4. The van der Waals surface area contributed by atoms with Gasteiger partial charge in [-0.15, -0.1) is 0 Å². The van der Waals surface area contributed by atoms with E-state index >= 15 is 0 Å². The van der Waals surface area contributed by atoms with Gasteiger partial charge in [-0.25, -0.2) is 4.79 Å². The van der Waals surface area contributed by atoms with Crippen molar-refractivity contribution < 1.29 is 178 Å². The van der Waals surface area contributed by atoms with Gasteiger partial charge in [0.25, 0.3) is 0 Å². The van der Waals surface area contributed by atoms with E-state index in [4.69, 9.17) is 34.6 Å². The summed E-state index contributed by atoms with van der Waals surface area (Å²) in [6.07, 6.45) is 34.7. The number of benzene rings is 6. The molecule has 686 valence electrons. The Labute approximate surface area is 837 Å². The SMILES string of the molecule is C.C/C=C/C(=O)O.C1=CCC(/C=C/CN2CCN(CCOC(c3ccccc3)c3ccccc3)CC2)=C1.C1=CCC(CCCN2CCN(CCOC(c3ccccc3)c3ccccc3)CC2)=C1.C1=CCC=C1.CC.CC.CC.CC.CC.CC.CO.CO.CO.COC.[Ar].[Ar].[Ar].[CH3-].[Pd].c1ccc(C(OCCN2CCNCC2)c2ccccc2)cc1. The maximum absolute atomic E-state index is 9.51. The number of ether oxygens (including phenoxy) is 4. The van der Waals surface area contributed by atoms with Crippen LogP contribution in [-0.4, -0.2) is 218 Å². The van der Waals surface area contributed by atoms with Gasteiger partial charge in [0.2, 0.25) is 0 Å². The summed E-state index contributed by atoms with van der Waals surface area (Å²) < 4.78 is 23.3. The molecular formula is C101H163Ar3N6O9Pd-. The fraction of sp³-hybridized carbons (Fsp3) is 0.465. The van der Waals surface area contributed by atoms with Crippen LogP contribution in [-0.2, 0) is 44.2 Å². The molecule has 0 amide bonds. The zero-order valence-corrected chi connectivity index (χ0v) is 79.9. The number of aliphatic hydroxyl groups excluding tert-OH is 3. The quantitative estimate of drug-likeness (QED) is 0.0198. The molecule has 3 heterocycles. The number of nitrogens with zero attached hydrogens (tertiary/aromatic N) is 5. The van der Waals surface area contributed by atoms with Crippen LogP contribution in [0.25, 0.3) is 0 Å². The van der Waals surface area contributed by atoms with Crippen molar-refractivity contribution >= 4 is 5.97 Å². The molecule has 0 aromatic heterocycles. The second kappa shape index (κ2) is 103. The molecule has 3 aliphatic carbocycles. The largest absolute Gasteiger partial charge is 0.478 e. The molecule has 0 spiro atoms. The van der Waals surface area contributed by atoms with Gasteiger partial charge < -0.3 is 57.0 Å². The number of carboxylic acid groups (broad SMARTS) is 1. The summed E-state index contributed by atoms with van der Waals surface area (Å²) in [5, 5.41) is 32.2. The van der Waals surface area contributed by atoms with E-state index in [-0.39, 0.29) is 167 Å². The molecule has 0 bridgehead atoms. The Hall–Kier alpha value is -3.37. The van der Waals surface area contributed by atoms with Crippen LogP contribution < -0.4 is 5.32 Å². The van der Waals surface area contributed by atoms with Crippen LogP contribution in [0.5, 0.6) is 0 Å². The number of piperazine rings is 3. The summed E-state index contributed by atoms with van der Waals surface area (Å²) in [6, 6.07) is 63.2. The monoisotopic (exact) mass is 1830 g/mol. The first-order valence-electron chi connectivity index (χ1n) is 42.1. The molecular weight excluding hydrogens is 1670 g/mol. The van der Waals surface area contributed by atoms with Crippen molar-refractivity contribution in [3.63, 3.8) is 0 Å². The van der Waals surface area contributed by atoms with E-state index in [2.05, 4.69) is 277 Å². The van der Waals surface area contributed by atoms with Crippen LogP contribution in [0.4, 0.5) is 0 Å². The van der Waals surface area contributed by atoms with Crippen molar-refractivity contribution in [2.24, 2.45) is 0 Å². The fourth-order valence-corrected chi connectivity index (χ4v) is 11.9. The minimum Gasteiger partial charge on any atom is -0.478 e. The molecule has 0 unspecified atom stereocenters. The molecule has 5 N–H and O–H groups in total. The van der Waals surface area contributed by atoms with Gasteiger partial charge in [-0.1, -0.05) is 357 Å². The average molecular weight is 1830 g/mol. The summed E-state index contributed by atoms with van der Waals surface area (Å²) in [5.74, 6) is -0.891. The van der Waals surface area contributed by atoms with E-state index in [1.165, 1.54) is 83.9 Å². The third-order valence-electron chi connectivity index (χ3n) is 17.1. The number of hydrogen-bond acceptors (Lipinski definition) is 14. The maximum atomic E-state index is 9.51. The first kappa shape index (κ1) is 135. The molecule has 0 atom stereocenters. The number of rotatable bonds is 26. The van der Waals surface area contributed by atoms with E-state index in [0.717, 1.165) is 152 Å². The summed E-state index contributed by atoms with van der Waals surface area (Å²) in [5.41, 5.74) is 10.3. The Morgan fingerprint density at radius 2 is 0.700 bits per heavy atom. The maximum Gasteiger partial charge on any atom is 0.327 e. The number of nitrogens with one attached hydrogen (secondary N) is 1.